The second kappa shape index (κ2) is 5.62. The van der Waals surface area contributed by atoms with Gasteiger partial charge in [-0.25, -0.2) is 0 Å². The van der Waals surface area contributed by atoms with Gasteiger partial charge in [0.05, 0.1) is 5.60 Å². The smallest absolute Gasteiger partial charge is 0.124 e. The molecular formula is C18H27NO2. The summed E-state index contributed by atoms with van der Waals surface area (Å²) in [6.07, 6.45) is 6.17. The molecule has 1 aromatic rings. The zero-order chi connectivity index (χ0) is 14.9. The van der Waals surface area contributed by atoms with E-state index < -0.39 is 5.60 Å². The molecule has 0 radical (unpaired) electrons. The molecule has 0 bridgehead atoms. The first-order valence-electron chi connectivity index (χ1n) is 8.33. The standard InChI is InChI=1S/C18H27NO2/c1-3-17(20,4-2)13-19-15-12-18(10-7-11-18)21-16-9-6-5-8-14(15)16/h5-6,8-9,15,19-20H,3-4,7,10-13H2,1-2H3. The quantitative estimate of drug-likeness (QED) is 0.870. The van der Waals surface area contributed by atoms with E-state index in [0.29, 0.717) is 12.6 Å². The molecule has 2 N–H and O–H groups in total. The highest BCUT2D eigenvalue weighted by Crippen LogP contribution is 2.48. The normalized spacial score (nSPS) is 23.3. The number of para-hydroxylation sites is 1. The number of hydrogen-bond donors (Lipinski definition) is 2. The van der Waals surface area contributed by atoms with Crippen LogP contribution in [0.1, 0.15) is 64.0 Å². The van der Waals surface area contributed by atoms with E-state index in [1.165, 1.54) is 12.0 Å². The largest absolute Gasteiger partial charge is 0.487 e. The molecule has 3 rings (SSSR count). The van der Waals surface area contributed by atoms with Crippen LogP contribution in [0.25, 0.3) is 0 Å². The number of fused-ring (bicyclic) bond motifs is 1. The molecular weight excluding hydrogens is 262 g/mol. The minimum Gasteiger partial charge on any atom is -0.487 e. The molecule has 1 aromatic carbocycles. The molecule has 1 atom stereocenters. The van der Waals surface area contributed by atoms with Crippen LogP contribution in [0.5, 0.6) is 5.75 Å². The second-order valence-electron chi connectivity index (χ2n) is 6.75. The van der Waals surface area contributed by atoms with Crippen molar-refractivity contribution in [3.63, 3.8) is 0 Å². The number of ether oxygens (including phenoxy) is 1. The van der Waals surface area contributed by atoms with E-state index in [-0.39, 0.29) is 5.60 Å². The number of rotatable bonds is 5. The molecule has 3 heteroatoms. The second-order valence-corrected chi connectivity index (χ2v) is 6.75. The minimum atomic E-state index is -0.597. The van der Waals surface area contributed by atoms with E-state index in [1.54, 1.807) is 0 Å². The predicted octanol–water partition coefficient (Wildman–Crippen LogP) is 3.57. The van der Waals surface area contributed by atoms with Gasteiger partial charge in [0.15, 0.2) is 0 Å². The van der Waals surface area contributed by atoms with Gasteiger partial charge < -0.3 is 15.2 Å². The molecule has 1 aliphatic carbocycles. The Morgan fingerprint density at radius 1 is 1.29 bits per heavy atom. The van der Waals surface area contributed by atoms with Crippen LogP contribution in [-0.4, -0.2) is 22.9 Å². The number of nitrogens with one attached hydrogen (secondary N) is 1. The summed E-state index contributed by atoms with van der Waals surface area (Å²) in [5.74, 6) is 1.03. The van der Waals surface area contributed by atoms with Crippen molar-refractivity contribution in [2.45, 2.75) is 69.6 Å². The number of benzene rings is 1. The molecule has 1 heterocycles. The van der Waals surface area contributed by atoms with Crippen LogP contribution in [0.15, 0.2) is 24.3 Å². The fourth-order valence-corrected chi connectivity index (χ4v) is 3.49. The Bertz CT molecular complexity index is 492. The van der Waals surface area contributed by atoms with E-state index in [2.05, 4.69) is 37.4 Å². The van der Waals surface area contributed by atoms with Gasteiger partial charge in [0.25, 0.3) is 0 Å². The monoisotopic (exact) mass is 289 g/mol. The van der Waals surface area contributed by atoms with E-state index >= 15 is 0 Å². The SMILES string of the molecule is CCC(O)(CC)CNC1CC2(CCC2)Oc2ccccc21. The Morgan fingerprint density at radius 2 is 2.00 bits per heavy atom. The summed E-state index contributed by atoms with van der Waals surface area (Å²) in [5, 5.41) is 14.1. The van der Waals surface area contributed by atoms with Crippen LogP contribution >= 0.6 is 0 Å². The van der Waals surface area contributed by atoms with Crippen molar-refractivity contribution in [1.82, 2.24) is 5.32 Å². The van der Waals surface area contributed by atoms with E-state index in [4.69, 9.17) is 4.74 Å². The van der Waals surface area contributed by atoms with Crippen LogP contribution in [0.2, 0.25) is 0 Å². The molecule has 3 nitrogen and oxygen atoms in total. The van der Waals surface area contributed by atoms with Gasteiger partial charge in [-0.05, 0) is 38.2 Å². The number of hydrogen-bond acceptors (Lipinski definition) is 3. The van der Waals surface area contributed by atoms with Crippen molar-refractivity contribution in [2.24, 2.45) is 0 Å². The first-order chi connectivity index (χ1) is 10.1. The maximum absolute atomic E-state index is 10.5. The van der Waals surface area contributed by atoms with Gasteiger partial charge in [-0.3, -0.25) is 0 Å². The molecule has 0 saturated heterocycles. The molecule has 2 aliphatic rings. The highest BCUT2D eigenvalue weighted by atomic mass is 16.5. The summed E-state index contributed by atoms with van der Waals surface area (Å²) in [7, 11) is 0. The molecule has 1 spiro atoms. The summed E-state index contributed by atoms with van der Waals surface area (Å²) in [5.41, 5.74) is 0.687. The molecule has 0 amide bonds. The Balaban J connectivity index is 1.77. The molecule has 1 fully saturated rings. The molecule has 1 unspecified atom stereocenters. The van der Waals surface area contributed by atoms with Crippen LogP contribution in [0, 0.1) is 0 Å². The van der Waals surface area contributed by atoms with Crippen molar-refractivity contribution >= 4 is 0 Å². The van der Waals surface area contributed by atoms with Crippen LogP contribution in [0.3, 0.4) is 0 Å². The summed E-state index contributed by atoms with van der Waals surface area (Å²) in [6, 6.07) is 8.63. The van der Waals surface area contributed by atoms with Crippen molar-refractivity contribution < 1.29 is 9.84 Å². The summed E-state index contributed by atoms with van der Waals surface area (Å²) >= 11 is 0. The lowest BCUT2D eigenvalue weighted by atomic mass is 9.73. The maximum atomic E-state index is 10.5. The fraction of sp³-hybridized carbons (Fsp3) is 0.667. The Labute approximate surface area is 127 Å². The maximum Gasteiger partial charge on any atom is 0.124 e. The van der Waals surface area contributed by atoms with Gasteiger partial charge in [0, 0.05) is 24.6 Å². The van der Waals surface area contributed by atoms with Gasteiger partial charge in [-0.1, -0.05) is 32.0 Å². The van der Waals surface area contributed by atoms with Gasteiger partial charge in [0.2, 0.25) is 0 Å². The van der Waals surface area contributed by atoms with Crippen molar-refractivity contribution in [1.29, 1.82) is 0 Å². The highest BCUT2D eigenvalue weighted by molar-refractivity contribution is 5.39. The van der Waals surface area contributed by atoms with Crippen molar-refractivity contribution in [3.8, 4) is 5.75 Å². The summed E-state index contributed by atoms with van der Waals surface area (Å²) in [6.45, 7) is 4.75. The van der Waals surface area contributed by atoms with Gasteiger partial charge in [-0.15, -0.1) is 0 Å². The lowest BCUT2D eigenvalue weighted by Crippen LogP contribution is -2.50. The predicted molar refractivity (Wildman–Crippen MR) is 84.5 cm³/mol. The number of aliphatic hydroxyl groups is 1. The Morgan fingerprint density at radius 3 is 2.62 bits per heavy atom. The van der Waals surface area contributed by atoms with Crippen molar-refractivity contribution in [2.75, 3.05) is 6.54 Å². The van der Waals surface area contributed by atoms with Crippen LogP contribution < -0.4 is 10.1 Å². The molecule has 116 valence electrons. The third-order valence-electron chi connectivity index (χ3n) is 5.46. The third kappa shape index (κ3) is 2.82. The summed E-state index contributed by atoms with van der Waals surface area (Å²) < 4.78 is 6.27. The van der Waals surface area contributed by atoms with E-state index in [9.17, 15) is 5.11 Å². The van der Waals surface area contributed by atoms with Crippen molar-refractivity contribution in [3.05, 3.63) is 29.8 Å². The third-order valence-corrected chi connectivity index (χ3v) is 5.46. The topological polar surface area (TPSA) is 41.5 Å². The molecule has 1 saturated carbocycles. The van der Waals surface area contributed by atoms with E-state index in [1.807, 2.05) is 6.07 Å². The Hall–Kier alpha value is -1.06. The molecule has 21 heavy (non-hydrogen) atoms. The highest BCUT2D eigenvalue weighted by Gasteiger charge is 2.45. The zero-order valence-electron chi connectivity index (χ0n) is 13.2. The van der Waals surface area contributed by atoms with E-state index in [0.717, 1.165) is 37.9 Å². The average molecular weight is 289 g/mol. The van der Waals surface area contributed by atoms with Gasteiger partial charge in [0.1, 0.15) is 11.4 Å². The minimum absolute atomic E-state index is 0.0442. The lowest BCUT2D eigenvalue weighted by Gasteiger charge is -2.48. The first-order valence-corrected chi connectivity index (χ1v) is 8.33. The fourth-order valence-electron chi connectivity index (χ4n) is 3.49. The van der Waals surface area contributed by atoms with Gasteiger partial charge >= 0.3 is 0 Å². The van der Waals surface area contributed by atoms with Gasteiger partial charge in [-0.2, -0.15) is 0 Å². The Kier molecular flexibility index (Phi) is 3.98. The van der Waals surface area contributed by atoms with Crippen LogP contribution in [0.4, 0.5) is 0 Å². The van der Waals surface area contributed by atoms with Crippen LogP contribution in [-0.2, 0) is 0 Å². The summed E-state index contributed by atoms with van der Waals surface area (Å²) in [4.78, 5) is 0. The average Bonchev–Trinajstić information content (AvgIpc) is 2.50. The zero-order valence-corrected chi connectivity index (χ0v) is 13.2. The first kappa shape index (κ1) is 14.9. The molecule has 1 aliphatic heterocycles. The lowest BCUT2D eigenvalue weighted by molar-refractivity contribution is -0.0412. The molecule has 0 aromatic heterocycles.